The van der Waals surface area contributed by atoms with Crippen molar-refractivity contribution >= 4 is 45.7 Å². The summed E-state index contributed by atoms with van der Waals surface area (Å²) in [6.45, 7) is 0. The maximum atomic E-state index is 6.08. The molecule has 0 bridgehead atoms. The predicted molar refractivity (Wildman–Crippen MR) is 71.7 cm³/mol. The molecule has 1 heterocycles. The van der Waals surface area contributed by atoms with Gasteiger partial charge in [-0.2, -0.15) is 0 Å². The summed E-state index contributed by atoms with van der Waals surface area (Å²) in [6, 6.07) is 11.6. The largest absolute Gasteiger partial charge is 0.339 e. The quantitative estimate of drug-likeness (QED) is 0.839. The molecule has 15 heavy (non-hydrogen) atoms. The van der Waals surface area contributed by atoms with Crippen molar-refractivity contribution in [2.24, 2.45) is 0 Å². The van der Waals surface area contributed by atoms with E-state index in [0.29, 0.717) is 5.02 Å². The zero-order valence-corrected chi connectivity index (χ0v) is 10.7. The van der Waals surface area contributed by atoms with Gasteiger partial charge in [0.2, 0.25) is 0 Å². The fourth-order valence-corrected chi connectivity index (χ4v) is 2.07. The van der Waals surface area contributed by atoms with Crippen LogP contribution in [-0.2, 0) is 0 Å². The fraction of sp³-hybridized carbons (Fsp3) is 0. The fourth-order valence-electron chi connectivity index (χ4n) is 1.17. The highest BCUT2D eigenvalue weighted by atomic mass is 127. The first-order valence-electron chi connectivity index (χ1n) is 4.39. The summed E-state index contributed by atoms with van der Waals surface area (Å²) in [5.41, 5.74) is 0.871. The van der Waals surface area contributed by atoms with Gasteiger partial charge in [0.05, 0.1) is 10.7 Å². The Bertz CT molecular complexity index is 459. The average Bonchev–Trinajstić information content (AvgIpc) is 2.24. The SMILES string of the molecule is Clc1cc(I)ccc1Nc1ccccn1. The molecule has 0 saturated carbocycles. The van der Waals surface area contributed by atoms with Crippen LogP contribution >= 0.6 is 34.2 Å². The summed E-state index contributed by atoms with van der Waals surface area (Å²) in [5.74, 6) is 0.792. The van der Waals surface area contributed by atoms with Crippen LogP contribution in [0.1, 0.15) is 0 Å². The number of hydrogen-bond acceptors (Lipinski definition) is 2. The number of anilines is 2. The topological polar surface area (TPSA) is 24.9 Å². The van der Waals surface area contributed by atoms with Crippen LogP contribution in [0.25, 0.3) is 0 Å². The second-order valence-corrected chi connectivity index (χ2v) is 4.62. The van der Waals surface area contributed by atoms with Gasteiger partial charge < -0.3 is 5.32 Å². The van der Waals surface area contributed by atoms with Crippen molar-refractivity contribution in [1.29, 1.82) is 0 Å². The third kappa shape index (κ3) is 2.82. The van der Waals surface area contributed by atoms with E-state index in [-0.39, 0.29) is 0 Å². The highest BCUT2D eigenvalue weighted by molar-refractivity contribution is 14.1. The van der Waals surface area contributed by atoms with Crippen LogP contribution in [0.4, 0.5) is 11.5 Å². The predicted octanol–water partition coefficient (Wildman–Crippen LogP) is 4.08. The molecule has 1 N–H and O–H groups in total. The molecule has 1 aromatic heterocycles. The van der Waals surface area contributed by atoms with Gasteiger partial charge in [-0.15, -0.1) is 0 Å². The zero-order valence-electron chi connectivity index (χ0n) is 7.74. The number of benzene rings is 1. The minimum atomic E-state index is 0.701. The first-order valence-corrected chi connectivity index (χ1v) is 5.84. The van der Waals surface area contributed by atoms with Gasteiger partial charge in [-0.1, -0.05) is 17.7 Å². The molecule has 76 valence electrons. The second kappa shape index (κ2) is 4.81. The lowest BCUT2D eigenvalue weighted by molar-refractivity contribution is 1.31. The molecule has 1 aromatic carbocycles. The lowest BCUT2D eigenvalue weighted by atomic mass is 10.3. The summed E-state index contributed by atoms with van der Waals surface area (Å²) >= 11 is 8.31. The van der Waals surface area contributed by atoms with Crippen LogP contribution in [0.2, 0.25) is 5.02 Å². The van der Waals surface area contributed by atoms with E-state index in [1.54, 1.807) is 6.20 Å². The third-order valence-corrected chi connectivity index (χ3v) is 2.84. The molecule has 2 nitrogen and oxygen atoms in total. The van der Waals surface area contributed by atoms with Gasteiger partial charge in [-0.3, -0.25) is 0 Å². The molecule has 0 aliphatic heterocycles. The maximum Gasteiger partial charge on any atom is 0.130 e. The number of nitrogens with zero attached hydrogens (tertiary/aromatic N) is 1. The molecule has 2 rings (SSSR count). The normalized spacial score (nSPS) is 10.0. The Morgan fingerprint density at radius 2 is 2.07 bits per heavy atom. The van der Waals surface area contributed by atoms with Crippen molar-refractivity contribution in [2.75, 3.05) is 5.32 Å². The molecule has 0 unspecified atom stereocenters. The van der Waals surface area contributed by atoms with Gasteiger partial charge in [0, 0.05) is 9.77 Å². The van der Waals surface area contributed by atoms with Crippen molar-refractivity contribution in [3.8, 4) is 0 Å². The summed E-state index contributed by atoms with van der Waals surface area (Å²) in [6.07, 6.45) is 1.74. The molecule has 0 spiro atoms. The molecule has 0 radical (unpaired) electrons. The molecular formula is C11H8ClIN2. The van der Waals surface area contributed by atoms with Crippen molar-refractivity contribution in [3.63, 3.8) is 0 Å². The van der Waals surface area contributed by atoms with Crippen LogP contribution in [0.15, 0.2) is 42.6 Å². The van der Waals surface area contributed by atoms with Crippen LogP contribution in [0.3, 0.4) is 0 Å². The van der Waals surface area contributed by atoms with Crippen molar-refractivity contribution in [2.45, 2.75) is 0 Å². The standard InChI is InChI=1S/C11H8ClIN2/c12-9-7-8(13)4-5-10(9)15-11-3-1-2-6-14-11/h1-7H,(H,14,15). The van der Waals surface area contributed by atoms with E-state index in [1.807, 2.05) is 36.4 Å². The number of aromatic nitrogens is 1. The van der Waals surface area contributed by atoms with Gasteiger partial charge in [0.15, 0.2) is 0 Å². The molecule has 0 aliphatic carbocycles. The van der Waals surface area contributed by atoms with Crippen LogP contribution in [-0.4, -0.2) is 4.98 Å². The van der Waals surface area contributed by atoms with Crippen LogP contribution in [0.5, 0.6) is 0 Å². The average molecular weight is 331 g/mol. The first kappa shape index (κ1) is 10.7. The van der Waals surface area contributed by atoms with Gasteiger partial charge in [0.25, 0.3) is 0 Å². The Balaban J connectivity index is 2.25. The summed E-state index contributed by atoms with van der Waals surface area (Å²) in [7, 11) is 0. The number of nitrogens with one attached hydrogen (secondary N) is 1. The van der Waals surface area contributed by atoms with E-state index in [1.165, 1.54) is 0 Å². The number of pyridine rings is 1. The smallest absolute Gasteiger partial charge is 0.130 e. The van der Waals surface area contributed by atoms with Gasteiger partial charge in [-0.25, -0.2) is 4.98 Å². The van der Waals surface area contributed by atoms with Gasteiger partial charge in [0.1, 0.15) is 5.82 Å². The molecular weight excluding hydrogens is 322 g/mol. The summed E-state index contributed by atoms with van der Waals surface area (Å²) in [5, 5.41) is 3.85. The van der Waals surface area contributed by atoms with E-state index in [2.05, 4.69) is 32.9 Å². The minimum Gasteiger partial charge on any atom is -0.339 e. The lowest BCUT2D eigenvalue weighted by Gasteiger charge is -2.07. The molecule has 4 heteroatoms. The maximum absolute atomic E-state index is 6.08. The molecule has 0 saturated heterocycles. The van der Waals surface area contributed by atoms with Crippen LogP contribution in [0, 0.1) is 3.57 Å². The highest BCUT2D eigenvalue weighted by Crippen LogP contribution is 2.26. The molecule has 2 aromatic rings. The monoisotopic (exact) mass is 330 g/mol. The Morgan fingerprint density at radius 1 is 1.20 bits per heavy atom. The van der Waals surface area contributed by atoms with Gasteiger partial charge in [-0.05, 0) is 52.9 Å². The first-order chi connectivity index (χ1) is 7.25. The summed E-state index contributed by atoms with van der Waals surface area (Å²) in [4.78, 5) is 4.17. The van der Waals surface area contributed by atoms with E-state index in [9.17, 15) is 0 Å². The molecule has 0 fully saturated rings. The van der Waals surface area contributed by atoms with E-state index in [0.717, 1.165) is 15.1 Å². The number of hydrogen-bond donors (Lipinski definition) is 1. The Hall–Kier alpha value is -0.810. The zero-order chi connectivity index (χ0) is 10.7. The molecule has 0 aliphatic rings. The van der Waals surface area contributed by atoms with E-state index >= 15 is 0 Å². The summed E-state index contributed by atoms with van der Waals surface area (Å²) < 4.78 is 1.11. The minimum absolute atomic E-state index is 0.701. The Labute approximate surface area is 107 Å². The highest BCUT2D eigenvalue weighted by Gasteiger charge is 2.01. The number of rotatable bonds is 2. The van der Waals surface area contributed by atoms with Crippen molar-refractivity contribution in [3.05, 3.63) is 51.2 Å². The van der Waals surface area contributed by atoms with Gasteiger partial charge >= 0.3 is 0 Å². The third-order valence-electron chi connectivity index (χ3n) is 1.86. The molecule has 0 amide bonds. The Morgan fingerprint density at radius 3 is 2.73 bits per heavy atom. The Kier molecular flexibility index (Phi) is 3.43. The van der Waals surface area contributed by atoms with E-state index < -0.39 is 0 Å². The van der Waals surface area contributed by atoms with Crippen LogP contribution < -0.4 is 5.32 Å². The molecule has 0 atom stereocenters. The second-order valence-electron chi connectivity index (χ2n) is 2.96. The lowest BCUT2D eigenvalue weighted by Crippen LogP contribution is -1.93. The van der Waals surface area contributed by atoms with E-state index in [4.69, 9.17) is 11.6 Å². The number of halogens is 2. The van der Waals surface area contributed by atoms with Crippen molar-refractivity contribution in [1.82, 2.24) is 4.98 Å². The van der Waals surface area contributed by atoms with Crippen molar-refractivity contribution < 1.29 is 0 Å².